The zero-order valence-electron chi connectivity index (χ0n) is 20.3. The fourth-order valence-corrected chi connectivity index (χ4v) is 2.43. The third-order valence-corrected chi connectivity index (χ3v) is 3.62. The van der Waals surface area contributed by atoms with Crippen molar-refractivity contribution in [3.05, 3.63) is 42.3 Å². The summed E-state index contributed by atoms with van der Waals surface area (Å²) in [4.78, 5) is 12.6. The summed E-state index contributed by atoms with van der Waals surface area (Å²) in [5.74, 6) is 3.74. The molecule has 188 valence electrons. The number of imidazole rings is 1. The molecular weight excluding hydrogens is 438 g/mol. The molecule has 1 aliphatic rings. The van der Waals surface area contributed by atoms with Gasteiger partial charge in [-0.15, -0.1) is 0 Å². The second-order valence-corrected chi connectivity index (χ2v) is 5.83. The summed E-state index contributed by atoms with van der Waals surface area (Å²) < 4.78 is 51.6. The van der Waals surface area contributed by atoms with Crippen molar-refractivity contribution in [3.8, 4) is 0 Å². The lowest BCUT2D eigenvalue weighted by Gasteiger charge is -2.28. The Morgan fingerprint density at radius 1 is 1.24 bits per heavy atom. The lowest BCUT2D eigenvalue weighted by molar-refractivity contribution is -0.0659. The second-order valence-electron chi connectivity index (χ2n) is 5.83. The van der Waals surface area contributed by atoms with E-state index in [2.05, 4.69) is 20.1 Å². The van der Waals surface area contributed by atoms with Crippen LogP contribution in [0.1, 0.15) is 54.4 Å². The quantitative estimate of drug-likeness (QED) is 0.188. The van der Waals surface area contributed by atoms with Gasteiger partial charge in [0.1, 0.15) is 6.67 Å². The van der Waals surface area contributed by atoms with Crippen LogP contribution in [-0.4, -0.2) is 52.2 Å². The minimum atomic E-state index is -4.61. The fraction of sp³-hybridized carbons (Fsp3) is 0.545. The number of hydrogen-bond donors (Lipinski definition) is 1. The molecule has 0 unspecified atom stereocenters. The van der Waals surface area contributed by atoms with Gasteiger partial charge < -0.3 is 15.3 Å². The summed E-state index contributed by atoms with van der Waals surface area (Å²) in [6.45, 7) is 11.9. The van der Waals surface area contributed by atoms with Gasteiger partial charge in [-0.05, 0) is 18.9 Å². The van der Waals surface area contributed by atoms with E-state index in [0.717, 1.165) is 28.9 Å². The van der Waals surface area contributed by atoms with Gasteiger partial charge >= 0.3 is 6.18 Å². The average molecular weight is 476 g/mol. The highest BCUT2D eigenvalue weighted by molar-refractivity contribution is 5.96. The van der Waals surface area contributed by atoms with Gasteiger partial charge in [0.2, 0.25) is 5.84 Å². The third kappa shape index (κ3) is 13.2. The number of hydrogen-bond acceptors (Lipinski definition) is 5. The number of halogens is 4. The molecule has 2 N–H and O–H groups in total. The van der Waals surface area contributed by atoms with E-state index in [4.69, 9.17) is 5.84 Å². The van der Waals surface area contributed by atoms with Crippen LogP contribution in [0, 0.1) is 0 Å². The molecule has 33 heavy (non-hydrogen) atoms. The average Bonchev–Trinajstić information content (AvgIpc) is 3.32. The smallest absolute Gasteiger partial charge is 0.331 e. The normalized spacial score (nSPS) is 13.9. The zero-order valence-corrected chi connectivity index (χ0v) is 20.3. The maximum atomic E-state index is 12.9. The number of rotatable bonds is 6. The molecule has 11 heteroatoms. The van der Waals surface area contributed by atoms with Gasteiger partial charge in [-0.2, -0.15) is 18.3 Å². The maximum Gasteiger partial charge on any atom is 0.451 e. The molecule has 0 aromatic carbocycles. The highest BCUT2D eigenvalue weighted by Gasteiger charge is 2.40. The number of alkyl halides is 4. The number of hydrazone groups is 1. The van der Waals surface area contributed by atoms with E-state index in [1.54, 1.807) is 31.0 Å². The molecule has 7 nitrogen and oxygen atoms in total. The van der Waals surface area contributed by atoms with Crippen molar-refractivity contribution >= 4 is 18.4 Å². The first-order chi connectivity index (χ1) is 15.9. The Labute approximate surface area is 194 Å². The minimum absolute atomic E-state index is 0.0803. The van der Waals surface area contributed by atoms with Gasteiger partial charge in [-0.25, -0.2) is 14.4 Å². The van der Waals surface area contributed by atoms with Gasteiger partial charge in [0.05, 0.1) is 24.9 Å². The number of amidine groups is 1. The molecule has 2 heterocycles. The number of allylic oxidation sites excluding steroid dienone is 2. The lowest BCUT2D eigenvalue weighted by Crippen LogP contribution is -2.43. The first-order valence-electron chi connectivity index (χ1n) is 10.9. The van der Waals surface area contributed by atoms with Crippen molar-refractivity contribution in [1.29, 1.82) is 0 Å². The van der Waals surface area contributed by atoms with Gasteiger partial charge in [0.25, 0.3) is 0 Å². The van der Waals surface area contributed by atoms with E-state index < -0.39 is 18.7 Å². The Balaban J connectivity index is 0. The Kier molecular flexibility index (Phi) is 19.2. The Bertz CT molecular complexity index is 749. The van der Waals surface area contributed by atoms with Crippen LogP contribution in [0.15, 0.2) is 57.4 Å². The Morgan fingerprint density at radius 3 is 2.36 bits per heavy atom. The molecule has 0 bridgehead atoms. The lowest BCUT2D eigenvalue weighted by atomic mass is 10.1. The molecule has 1 aromatic rings. The predicted octanol–water partition coefficient (Wildman–Crippen LogP) is 5.73. The Morgan fingerprint density at radius 2 is 1.91 bits per heavy atom. The van der Waals surface area contributed by atoms with E-state index in [1.165, 1.54) is 6.21 Å². The molecule has 0 spiro atoms. The highest BCUT2D eigenvalue weighted by Crippen LogP contribution is 2.24. The molecule has 0 amide bonds. The van der Waals surface area contributed by atoms with Crippen LogP contribution in [0.4, 0.5) is 17.6 Å². The van der Waals surface area contributed by atoms with E-state index in [-0.39, 0.29) is 6.54 Å². The molecule has 0 radical (unpaired) electrons. The molecule has 1 aromatic heterocycles. The van der Waals surface area contributed by atoms with E-state index >= 15 is 0 Å². The molecule has 0 atom stereocenters. The van der Waals surface area contributed by atoms with Crippen molar-refractivity contribution < 1.29 is 17.6 Å². The largest absolute Gasteiger partial charge is 0.451 e. The van der Waals surface area contributed by atoms with Crippen LogP contribution in [0.5, 0.6) is 0 Å². The van der Waals surface area contributed by atoms with Gasteiger partial charge in [0.15, 0.2) is 0 Å². The second kappa shape index (κ2) is 19.7. The van der Waals surface area contributed by atoms with Crippen molar-refractivity contribution in [3.63, 3.8) is 0 Å². The van der Waals surface area contributed by atoms with E-state index in [9.17, 15) is 17.6 Å². The Hall–Kier alpha value is -2.98. The molecule has 0 saturated heterocycles. The number of aromatic nitrogens is 2. The summed E-state index contributed by atoms with van der Waals surface area (Å²) >= 11 is 0. The number of nitrogens with two attached hydrogens (primary N) is 1. The summed E-state index contributed by atoms with van der Waals surface area (Å²) in [5.41, 5.74) is 1.58. The first kappa shape index (κ1) is 32.2. The van der Waals surface area contributed by atoms with Crippen LogP contribution < -0.4 is 5.84 Å². The zero-order chi connectivity index (χ0) is 25.7. The molecule has 0 saturated carbocycles. The van der Waals surface area contributed by atoms with Crippen LogP contribution in [0.2, 0.25) is 0 Å². The van der Waals surface area contributed by atoms with Crippen LogP contribution in [-0.2, 0) is 6.54 Å². The summed E-state index contributed by atoms with van der Waals surface area (Å²) in [7, 11) is 0. The van der Waals surface area contributed by atoms with Crippen LogP contribution >= 0.6 is 0 Å². The van der Waals surface area contributed by atoms with Crippen molar-refractivity contribution in [2.24, 2.45) is 20.9 Å². The summed E-state index contributed by atoms with van der Waals surface area (Å²) in [5, 5.41) is 2.87. The monoisotopic (exact) mass is 475 g/mol. The van der Waals surface area contributed by atoms with E-state index in [0.29, 0.717) is 13.0 Å². The molecule has 0 aliphatic carbocycles. The first-order valence-corrected chi connectivity index (χ1v) is 10.9. The summed E-state index contributed by atoms with van der Waals surface area (Å²) in [6, 6.07) is 0. The molecule has 0 fully saturated rings. The van der Waals surface area contributed by atoms with Gasteiger partial charge in [0, 0.05) is 31.4 Å². The van der Waals surface area contributed by atoms with Crippen molar-refractivity contribution in [2.45, 2.75) is 67.1 Å². The van der Waals surface area contributed by atoms with Crippen molar-refractivity contribution in [1.82, 2.24) is 14.5 Å². The van der Waals surface area contributed by atoms with Crippen molar-refractivity contribution in [2.75, 3.05) is 13.2 Å². The summed E-state index contributed by atoms with van der Waals surface area (Å²) in [6.07, 6.45) is 7.54. The number of nitrogens with zero attached hydrogens (tertiary/aromatic N) is 6. The number of aliphatic imine (C=N–C) groups is 2. The topological polar surface area (TPSA) is 84.2 Å². The predicted molar refractivity (Wildman–Crippen MR) is 129 cm³/mol. The van der Waals surface area contributed by atoms with Crippen LogP contribution in [0.25, 0.3) is 0 Å². The molecule has 1 aliphatic heterocycles. The fourth-order valence-electron chi connectivity index (χ4n) is 2.43. The van der Waals surface area contributed by atoms with Gasteiger partial charge in [-0.1, -0.05) is 47.1 Å². The minimum Gasteiger partial charge on any atom is -0.331 e. The molecule has 2 rings (SSSR count). The van der Waals surface area contributed by atoms with E-state index in [1.807, 2.05) is 46.1 Å². The van der Waals surface area contributed by atoms with Crippen LogP contribution in [0.3, 0.4) is 0 Å². The third-order valence-electron chi connectivity index (χ3n) is 3.62. The highest BCUT2D eigenvalue weighted by atomic mass is 19.4. The maximum absolute atomic E-state index is 12.9. The van der Waals surface area contributed by atoms with Gasteiger partial charge in [-0.3, -0.25) is 4.99 Å². The molecular formula is C22H37F4N7. The SMILES string of the molecule is C/C=C\N=CCF.CC.CC.CCCC1=C(Cn2ccnc2)N=CN(/C(=N\N)C(F)(F)F)C1. The standard InChI is InChI=1S/C13H17F3N6.C5H8FN.2C2H6/c1-2-3-10-6-22(12(20-17)13(14,15)16)9-19-11(10)7-21-5-4-18-8-21;1-2-4-7-5-3-6;2*1-2/h4-5,8-9H,2-3,6-7,17H2,1H3;2,4-5H,3H2,1H3;2*1-2H3/b20-12-;4-2-,7-5?;;.